The molecule has 0 radical (unpaired) electrons. The van der Waals surface area contributed by atoms with Gasteiger partial charge in [0.05, 0.1) is 5.69 Å². The first kappa shape index (κ1) is 12.5. The molecule has 0 spiro atoms. The van der Waals surface area contributed by atoms with Crippen molar-refractivity contribution in [2.45, 2.75) is 6.92 Å². The normalized spacial score (nSPS) is 16.8. The third kappa shape index (κ3) is 2.20. The number of benzene rings is 1. The number of carbonyl (C=O) groups excluding carboxylic acids is 1. The molecule has 1 aromatic carbocycles. The van der Waals surface area contributed by atoms with E-state index >= 15 is 0 Å². The number of hydrogen-bond acceptors (Lipinski definition) is 2. The Hall–Kier alpha value is -2.49. The molecule has 0 N–H and O–H groups in total. The molecule has 1 aromatic heterocycles. The average molecular weight is 268 g/mol. The number of halogens is 1. The lowest BCUT2D eigenvalue weighted by Gasteiger charge is -1.99. The number of fused-ring (bicyclic) bond motifs is 1. The second-order valence-electron chi connectivity index (χ2n) is 4.81. The van der Waals surface area contributed by atoms with Gasteiger partial charge in [-0.2, -0.15) is 0 Å². The molecular weight excluding hydrogens is 255 g/mol. The Morgan fingerprint density at radius 2 is 2.20 bits per heavy atom. The van der Waals surface area contributed by atoms with Gasteiger partial charge in [-0.1, -0.05) is 25.1 Å². The minimum absolute atomic E-state index is 0.320. The number of carbonyl (C=O) groups is 1. The van der Waals surface area contributed by atoms with E-state index < -0.39 is 5.82 Å². The van der Waals surface area contributed by atoms with Crippen molar-refractivity contribution in [3.8, 4) is 11.3 Å². The minimum atomic E-state index is -0.441. The Morgan fingerprint density at radius 1 is 1.35 bits per heavy atom. The van der Waals surface area contributed by atoms with Crippen LogP contribution in [0.4, 0.5) is 4.39 Å². The first-order chi connectivity index (χ1) is 9.67. The van der Waals surface area contributed by atoms with Crippen LogP contribution in [0.5, 0.6) is 0 Å². The number of nitrogens with zero attached hydrogens (tertiary/aromatic N) is 2. The van der Waals surface area contributed by atoms with Crippen molar-refractivity contribution in [2.75, 3.05) is 0 Å². The van der Waals surface area contributed by atoms with Crippen LogP contribution >= 0.6 is 0 Å². The summed E-state index contributed by atoms with van der Waals surface area (Å²) in [7, 11) is 0. The topological polar surface area (TPSA) is 34.9 Å². The highest BCUT2D eigenvalue weighted by Crippen LogP contribution is 2.24. The molecular formula is C16H13FN2O. The van der Waals surface area contributed by atoms with E-state index in [1.807, 2.05) is 29.0 Å². The standard InChI is InChI=1S/C16H13FN2O/c1-11-2-5-16-18-15(9-19(16)7-6-11)13-4-3-12(10-20)8-14(13)17/h2-11H,1H3. The van der Waals surface area contributed by atoms with Crippen molar-refractivity contribution in [2.24, 2.45) is 5.92 Å². The van der Waals surface area contributed by atoms with Crippen LogP contribution in [0.3, 0.4) is 0 Å². The van der Waals surface area contributed by atoms with E-state index in [4.69, 9.17) is 0 Å². The first-order valence-electron chi connectivity index (χ1n) is 6.38. The highest BCUT2D eigenvalue weighted by Gasteiger charge is 2.12. The highest BCUT2D eigenvalue weighted by atomic mass is 19.1. The van der Waals surface area contributed by atoms with Crippen LogP contribution < -0.4 is 0 Å². The van der Waals surface area contributed by atoms with Crippen LogP contribution in [0, 0.1) is 11.7 Å². The van der Waals surface area contributed by atoms with Crippen LogP contribution in [0.15, 0.2) is 36.5 Å². The van der Waals surface area contributed by atoms with Crippen molar-refractivity contribution < 1.29 is 9.18 Å². The molecule has 1 atom stereocenters. The maximum Gasteiger partial charge on any atom is 0.150 e. The fourth-order valence-electron chi connectivity index (χ4n) is 2.12. The summed E-state index contributed by atoms with van der Waals surface area (Å²) in [5.41, 5.74) is 1.27. The number of imidazole rings is 1. The zero-order chi connectivity index (χ0) is 14.1. The molecule has 2 heterocycles. The van der Waals surface area contributed by atoms with Gasteiger partial charge in [-0.3, -0.25) is 4.79 Å². The van der Waals surface area contributed by atoms with Crippen molar-refractivity contribution in [3.63, 3.8) is 0 Å². The number of allylic oxidation sites excluding steroid dienone is 2. The van der Waals surface area contributed by atoms with E-state index in [9.17, 15) is 9.18 Å². The quantitative estimate of drug-likeness (QED) is 0.779. The van der Waals surface area contributed by atoms with Crippen LogP contribution in [0.25, 0.3) is 23.5 Å². The third-order valence-electron chi connectivity index (χ3n) is 3.27. The lowest BCUT2D eigenvalue weighted by atomic mass is 10.1. The summed E-state index contributed by atoms with van der Waals surface area (Å²) in [4.78, 5) is 15.1. The smallest absolute Gasteiger partial charge is 0.150 e. The number of aldehydes is 1. The zero-order valence-electron chi connectivity index (χ0n) is 11.0. The second-order valence-corrected chi connectivity index (χ2v) is 4.81. The van der Waals surface area contributed by atoms with Gasteiger partial charge in [0.15, 0.2) is 0 Å². The van der Waals surface area contributed by atoms with E-state index in [0.717, 1.165) is 5.82 Å². The molecule has 0 aliphatic carbocycles. The van der Waals surface area contributed by atoms with Gasteiger partial charge in [0, 0.05) is 23.5 Å². The Bertz CT molecular complexity index is 697. The SMILES string of the molecule is CC1C=Cc2nc(-c3ccc(C=O)cc3F)cn2C=C1. The summed E-state index contributed by atoms with van der Waals surface area (Å²) >= 11 is 0. The number of rotatable bonds is 2. The fourth-order valence-corrected chi connectivity index (χ4v) is 2.12. The lowest BCUT2D eigenvalue weighted by molar-refractivity contribution is 0.112. The van der Waals surface area contributed by atoms with E-state index in [-0.39, 0.29) is 0 Å². The van der Waals surface area contributed by atoms with Crippen LogP contribution in [0.2, 0.25) is 0 Å². The Morgan fingerprint density at radius 3 is 2.95 bits per heavy atom. The maximum absolute atomic E-state index is 14.0. The van der Waals surface area contributed by atoms with Crippen LogP contribution in [0.1, 0.15) is 23.1 Å². The second kappa shape index (κ2) is 4.89. The van der Waals surface area contributed by atoms with E-state index in [2.05, 4.69) is 11.9 Å². The lowest BCUT2D eigenvalue weighted by Crippen LogP contribution is -1.88. The minimum Gasteiger partial charge on any atom is -0.307 e. The van der Waals surface area contributed by atoms with Gasteiger partial charge in [0.25, 0.3) is 0 Å². The molecule has 0 saturated carbocycles. The predicted molar refractivity (Wildman–Crippen MR) is 76.5 cm³/mol. The summed E-state index contributed by atoms with van der Waals surface area (Å²) < 4.78 is 15.8. The Kier molecular flexibility index (Phi) is 3.06. The molecule has 1 aliphatic rings. The van der Waals surface area contributed by atoms with Crippen LogP contribution in [-0.2, 0) is 0 Å². The summed E-state index contributed by atoms with van der Waals surface area (Å²) in [5, 5.41) is 0. The maximum atomic E-state index is 14.0. The summed E-state index contributed by atoms with van der Waals surface area (Å²) in [5.74, 6) is 0.674. The molecule has 0 fully saturated rings. The summed E-state index contributed by atoms with van der Waals surface area (Å²) in [6.45, 7) is 2.08. The van der Waals surface area contributed by atoms with Crippen molar-refractivity contribution in [3.05, 3.63) is 53.8 Å². The summed E-state index contributed by atoms with van der Waals surface area (Å²) in [6.07, 6.45) is 10.3. The molecule has 2 aromatic rings. The molecule has 3 nitrogen and oxygen atoms in total. The number of hydrogen-bond donors (Lipinski definition) is 0. The molecule has 1 unspecified atom stereocenters. The monoisotopic (exact) mass is 268 g/mol. The molecule has 0 bridgehead atoms. The molecule has 100 valence electrons. The van der Waals surface area contributed by atoms with Gasteiger partial charge in [0.2, 0.25) is 0 Å². The van der Waals surface area contributed by atoms with E-state index in [0.29, 0.717) is 29.0 Å². The largest absolute Gasteiger partial charge is 0.307 e. The van der Waals surface area contributed by atoms with Gasteiger partial charge in [0.1, 0.15) is 17.9 Å². The Balaban J connectivity index is 2.05. The highest BCUT2D eigenvalue weighted by molar-refractivity contribution is 5.77. The first-order valence-corrected chi connectivity index (χ1v) is 6.38. The van der Waals surface area contributed by atoms with Crippen molar-refractivity contribution in [1.82, 2.24) is 9.55 Å². The molecule has 4 heteroatoms. The summed E-state index contributed by atoms with van der Waals surface area (Å²) in [6, 6.07) is 4.39. The third-order valence-corrected chi connectivity index (χ3v) is 3.27. The van der Waals surface area contributed by atoms with Gasteiger partial charge >= 0.3 is 0 Å². The van der Waals surface area contributed by atoms with E-state index in [1.165, 1.54) is 6.07 Å². The van der Waals surface area contributed by atoms with Crippen LogP contribution in [-0.4, -0.2) is 15.8 Å². The zero-order valence-corrected chi connectivity index (χ0v) is 11.0. The average Bonchev–Trinajstić information content (AvgIpc) is 2.77. The van der Waals surface area contributed by atoms with Gasteiger partial charge in [-0.25, -0.2) is 9.37 Å². The van der Waals surface area contributed by atoms with E-state index in [1.54, 1.807) is 18.3 Å². The van der Waals surface area contributed by atoms with Gasteiger partial charge < -0.3 is 4.57 Å². The van der Waals surface area contributed by atoms with Crippen molar-refractivity contribution >= 4 is 18.6 Å². The Labute approximate surface area is 116 Å². The van der Waals surface area contributed by atoms with Gasteiger partial charge in [-0.15, -0.1) is 0 Å². The number of aromatic nitrogens is 2. The molecule has 1 aliphatic heterocycles. The van der Waals surface area contributed by atoms with Crippen molar-refractivity contribution in [1.29, 1.82) is 0 Å². The molecule has 0 saturated heterocycles. The molecule has 3 rings (SSSR count). The molecule has 20 heavy (non-hydrogen) atoms. The molecule has 0 amide bonds. The van der Waals surface area contributed by atoms with Gasteiger partial charge in [-0.05, 0) is 24.1 Å². The fraction of sp³-hybridized carbons (Fsp3) is 0.125. The predicted octanol–water partition coefficient (Wildman–Crippen LogP) is 3.64.